The quantitative estimate of drug-likeness (QED) is 0.860. The van der Waals surface area contributed by atoms with Gasteiger partial charge in [-0.3, -0.25) is 4.79 Å². The summed E-state index contributed by atoms with van der Waals surface area (Å²) >= 11 is 0. The third-order valence-corrected chi connectivity index (χ3v) is 3.19. The number of hydrogen-bond donors (Lipinski definition) is 1. The van der Waals surface area contributed by atoms with Crippen molar-refractivity contribution in [3.63, 3.8) is 0 Å². The van der Waals surface area contributed by atoms with Crippen molar-refractivity contribution in [2.75, 3.05) is 18.5 Å². The summed E-state index contributed by atoms with van der Waals surface area (Å²) in [5, 5.41) is 0. The molecule has 1 aromatic rings. The Hall–Kier alpha value is -1.42. The molecular formula is C15H23FN2O. The van der Waals surface area contributed by atoms with Gasteiger partial charge in [-0.25, -0.2) is 4.39 Å². The Balaban J connectivity index is 2.63. The minimum Gasteiger partial charge on any atom is -0.330 e. The van der Waals surface area contributed by atoms with Crippen LogP contribution in [0, 0.1) is 17.7 Å². The van der Waals surface area contributed by atoms with Gasteiger partial charge in [0.1, 0.15) is 5.82 Å². The van der Waals surface area contributed by atoms with E-state index < -0.39 is 0 Å². The highest BCUT2D eigenvalue weighted by molar-refractivity contribution is 5.92. The summed E-state index contributed by atoms with van der Waals surface area (Å²) in [6, 6.07) is 5.92. The van der Waals surface area contributed by atoms with Gasteiger partial charge in [0.2, 0.25) is 5.91 Å². The molecule has 1 atom stereocenters. The molecule has 2 N–H and O–H groups in total. The highest BCUT2D eigenvalue weighted by Gasteiger charge is 2.17. The van der Waals surface area contributed by atoms with Crippen LogP contribution in [0.5, 0.6) is 0 Å². The van der Waals surface area contributed by atoms with Crippen LogP contribution >= 0.6 is 0 Å². The molecule has 0 heterocycles. The molecule has 0 aliphatic rings. The molecule has 3 nitrogen and oxygen atoms in total. The summed E-state index contributed by atoms with van der Waals surface area (Å²) in [4.78, 5) is 13.7. The number of nitrogens with zero attached hydrogens (tertiary/aromatic N) is 1. The smallest absolute Gasteiger partial charge is 0.227 e. The summed E-state index contributed by atoms with van der Waals surface area (Å²) in [7, 11) is 1.71. The highest BCUT2D eigenvalue weighted by atomic mass is 19.1. The second kappa shape index (κ2) is 7.24. The third-order valence-electron chi connectivity index (χ3n) is 3.19. The molecule has 0 radical (unpaired) electrons. The first-order valence-corrected chi connectivity index (χ1v) is 6.66. The number of hydrogen-bond acceptors (Lipinski definition) is 2. The average Bonchev–Trinajstić information content (AvgIpc) is 2.37. The Labute approximate surface area is 114 Å². The molecular weight excluding hydrogens is 243 g/mol. The maximum absolute atomic E-state index is 12.8. The first-order chi connectivity index (χ1) is 8.93. The largest absolute Gasteiger partial charge is 0.330 e. The van der Waals surface area contributed by atoms with Crippen molar-refractivity contribution in [1.82, 2.24) is 0 Å². The van der Waals surface area contributed by atoms with Gasteiger partial charge in [-0.05, 0) is 49.1 Å². The van der Waals surface area contributed by atoms with E-state index in [0.29, 0.717) is 24.6 Å². The van der Waals surface area contributed by atoms with Gasteiger partial charge in [0, 0.05) is 19.2 Å². The summed E-state index contributed by atoms with van der Waals surface area (Å²) in [5.74, 6) is 0.444. The molecule has 0 fully saturated rings. The van der Waals surface area contributed by atoms with Crippen LogP contribution < -0.4 is 10.6 Å². The molecule has 106 valence electrons. The second-order valence-corrected chi connectivity index (χ2v) is 5.36. The summed E-state index contributed by atoms with van der Waals surface area (Å²) in [5.41, 5.74) is 6.41. The molecule has 0 unspecified atom stereocenters. The minimum absolute atomic E-state index is 0.0164. The van der Waals surface area contributed by atoms with E-state index in [2.05, 4.69) is 13.8 Å². The predicted molar refractivity (Wildman–Crippen MR) is 76.4 cm³/mol. The fourth-order valence-corrected chi connectivity index (χ4v) is 2.12. The van der Waals surface area contributed by atoms with E-state index in [-0.39, 0.29) is 17.6 Å². The molecule has 19 heavy (non-hydrogen) atoms. The molecule has 0 bridgehead atoms. The van der Waals surface area contributed by atoms with Crippen LogP contribution in [0.3, 0.4) is 0 Å². The number of carbonyl (C=O) groups is 1. The number of amides is 1. The van der Waals surface area contributed by atoms with Crippen LogP contribution in [-0.4, -0.2) is 19.5 Å². The second-order valence-electron chi connectivity index (χ2n) is 5.36. The Bertz CT molecular complexity index is 403. The van der Waals surface area contributed by atoms with Gasteiger partial charge in [-0.15, -0.1) is 0 Å². The van der Waals surface area contributed by atoms with Crippen molar-refractivity contribution >= 4 is 11.6 Å². The van der Waals surface area contributed by atoms with E-state index in [1.54, 1.807) is 24.1 Å². The maximum atomic E-state index is 12.8. The molecule has 0 saturated carbocycles. The molecule has 0 saturated heterocycles. The van der Waals surface area contributed by atoms with Crippen LogP contribution in [-0.2, 0) is 4.79 Å². The maximum Gasteiger partial charge on any atom is 0.227 e. The Morgan fingerprint density at radius 2 is 1.89 bits per heavy atom. The van der Waals surface area contributed by atoms with Crippen LogP contribution in [0.2, 0.25) is 0 Å². The van der Waals surface area contributed by atoms with Crippen LogP contribution in [0.1, 0.15) is 26.7 Å². The van der Waals surface area contributed by atoms with Crippen molar-refractivity contribution in [1.29, 1.82) is 0 Å². The van der Waals surface area contributed by atoms with Gasteiger partial charge < -0.3 is 10.6 Å². The lowest BCUT2D eigenvalue weighted by Crippen LogP contribution is -2.30. The predicted octanol–water partition coefficient (Wildman–Crippen LogP) is 2.80. The molecule has 1 aromatic carbocycles. The molecule has 4 heteroatoms. The van der Waals surface area contributed by atoms with Gasteiger partial charge >= 0.3 is 0 Å². The van der Waals surface area contributed by atoms with Crippen molar-refractivity contribution in [3.05, 3.63) is 30.1 Å². The van der Waals surface area contributed by atoms with E-state index >= 15 is 0 Å². The van der Waals surface area contributed by atoms with E-state index in [0.717, 1.165) is 6.42 Å². The topological polar surface area (TPSA) is 46.3 Å². The van der Waals surface area contributed by atoms with Gasteiger partial charge in [-0.1, -0.05) is 13.8 Å². The number of anilines is 1. The normalized spacial score (nSPS) is 12.5. The number of carbonyl (C=O) groups excluding carboxylic acids is 1. The number of halogens is 1. The van der Waals surface area contributed by atoms with Crippen LogP contribution in [0.4, 0.5) is 10.1 Å². The zero-order valence-electron chi connectivity index (χ0n) is 11.9. The lowest BCUT2D eigenvalue weighted by molar-refractivity contribution is -0.119. The molecule has 1 amide bonds. The van der Waals surface area contributed by atoms with Gasteiger partial charge in [0.25, 0.3) is 0 Å². The highest BCUT2D eigenvalue weighted by Crippen LogP contribution is 2.19. The molecule has 0 aromatic heterocycles. The molecule has 1 rings (SSSR count). The fraction of sp³-hybridized carbons (Fsp3) is 0.533. The van der Waals surface area contributed by atoms with Crippen molar-refractivity contribution in [3.8, 4) is 0 Å². The standard InChI is InChI=1S/C15H23FN2O/c1-11(2)8-12(10-17)9-15(19)18(3)14-6-4-13(16)5-7-14/h4-7,11-12H,8-10,17H2,1-3H3/t12-/m0/s1. The van der Waals surface area contributed by atoms with Crippen molar-refractivity contribution in [2.24, 2.45) is 17.6 Å². The summed E-state index contributed by atoms with van der Waals surface area (Å²) < 4.78 is 12.8. The fourth-order valence-electron chi connectivity index (χ4n) is 2.12. The summed E-state index contributed by atoms with van der Waals surface area (Å²) in [6.45, 7) is 4.76. The first-order valence-electron chi connectivity index (χ1n) is 6.66. The molecule has 0 spiro atoms. The minimum atomic E-state index is -0.302. The lowest BCUT2D eigenvalue weighted by Gasteiger charge is -2.22. The van der Waals surface area contributed by atoms with Crippen LogP contribution in [0.15, 0.2) is 24.3 Å². The van der Waals surface area contributed by atoms with E-state index in [4.69, 9.17) is 5.73 Å². The SMILES string of the molecule is CC(C)C[C@H](CN)CC(=O)N(C)c1ccc(F)cc1. The van der Waals surface area contributed by atoms with Gasteiger partial charge in [0.15, 0.2) is 0 Å². The Morgan fingerprint density at radius 3 is 2.37 bits per heavy atom. The van der Waals surface area contributed by atoms with Crippen molar-refractivity contribution in [2.45, 2.75) is 26.7 Å². The Kier molecular flexibility index (Phi) is 5.96. The third kappa shape index (κ3) is 4.99. The number of benzene rings is 1. The first kappa shape index (κ1) is 15.6. The van der Waals surface area contributed by atoms with Gasteiger partial charge in [0.05, 0.1) is 0 Å². The van der Waals surface area contributed by atoms with E-state index in [9.17, 15) is 9.18 Å². The zero-order valence-corrected chi connectivity index (χ0v) is 11.9. The number of nitrogens with two attached hydrogens (primary N) is 1. The zero-order chi connectivity index (χ0) is 14.4. The van der Waals surface area contributed by atoms with Crippen molar-refractivity contribution < 1.29 is 9.18 Å². The van der Waals surface area contributed by atoms with Gasteiger partial charge in [-0.2, -0.15) is 0 Å². The van der Waals surface area contributed by atoms with E-state index in [1.165, 1.54) is 12.1 Å². The lowest BCUT2D eigenvalue weighted by atomic mass is 9.94. The Morgan fingerprint density at radius 1 is 1.32 bits per heavy atom. The van der Waals surface area contributed by atoms with E-state index in [1.807, 2.05) is 0 Å². The molecule has 0 aliphatic heterocycles. The molecule has 0 aliphatic carbocycles. The van der Waals surface area contributed by atoms with Crippen LogP contribution in [0.25, 0.3) is 0 Å². The number of rotatable bonds is 6. The summed E-state index contributed by atoms with van der Waals surface area (Å²) in [6.07, 6.45) is 1.38. The monoisotopic (exact) mass is 266 g/mol. The average molecular weight is 266 g/mol.